The van der Waals surface area contributed by atoms with Gasteiger partial charge in [-0.2, -0.15) is 0 Å². The lowest BCUT2D eigenvalue weighted by atomic mass is 10.1. The van der Waals surface area contributed by atoms with Gasteiger partial charge in [-0.15, -0.1) is 0 Å². The summed E-state index contributed by atoms with van der Waals surface area (Å²) in [6.07, 6.45) is 1.68. The molecule has 128 valence electrons. The van der Waals surface area contributed by atoms with Crippen molar-refractivity contribution in [3.05, 3.63) is 65.4 Å². The highest BCUT2D eigenvalue weighted by Gasteiger charge is 2.24. The van der Waals surface area contributed by atoms with Crippen molar-refractivity contribution < 1.29 is 19.0 Å². The van der Waals surface area contributed by atoms with Gasteiger partial charge in [0.15, 0.2) is 17.2 Å². The summed E-state index contributed by atoms with van der Waals surface area (Å²) in [5.74, 6) is 1.16. The molecule has 0 spiro atoms. The number of hydrogen-bond donors (Lipinski definition) is 0. The van der Waals surface area contributed by atoms with Crippen LogP contribution < -0.4 is 9.47 Å². The van der Waals surface area contributed by atoms with Crippen molar-refractivity contribution in [2.24, 2.45) is 4.99 Å². The van der Waals surface area contributed by atoms with Gasteiger partial charge in [0.1, 0.15) is 0 Å². The lowest BCUT2D eigenvalue weighted by molar-refractivity contribution is -0.129. The molecule has 25 heavy (non-hydrogen) atoms. The van der Waals surface area contributed by atoms with E-state index in [0.717, 1.165) is 11.1 Å². The molecule has 0 aromatic heterocycles. The van der Waals surface area contributed by atoms with E-state index in [9.17, 15) is 4.79 Å². The van der Waals surface area contributed by atoms with Crippen LogP contribution in [-0.4, -0.2) is 25.1 Å². The second-order valence-corrected chi connectivity index (χ2v) is 5.27. The Bertz CT molecular complexity index is 825. The Labute approximate surface area is 146 Å². The molecule has 0 saturated heterocycles. The number of carbonyl (C=O) groups is 1. The van der Waals surface area contributed by atoms with E-state index in [4.69, 9.17) is 14.2 Å². The zero-order chi connectivity index (χ0) is 17.6. The summed E-state index contributed by atoms with van der Waals surface area (Å²) >= 11 is 0. The molecule has 0 unspecified atom stereocenters. The number of carbonyl (C=O) groups excluding carboxylic acids is 1. The maximum Gasteiger partial charge on any atom is 0.363 e. The van der Waals surface area contributed by atoms with Crippen molar-refractivity contribution >= 4 is 17.9 Å². The topological polar surface area (TPSA) is 57.1 Å². The Balaban J connectivity index is 1.90. The van der Waals surface area contributed by atoms with Crippen LogP contribution in [0.5, 0.6) is 11.5 Å². The van der Waals surface area contributed by atoms with Gasteiger partial charge in [0.25, 0.3) is 0 Å². The number of cyclic esters (lactones) is 1. The summed E-state index contributed by atoms with van der Waals surface area (Å²) < 4.78 is 16.4. The second-order valence-electron chi connectivity index (χ2n) is 5.27. The molecule has 0 atom stereocenters. The Kier molecular flexibility index (Phi) is 5.14. The lowest BCUT2D eigenvalue weighted by Crippen LogP contribution is -2.05. The third-order valence-electron chi connectivity index (χ3n) is 3.51. The van der Waals surface area contributed by atoms with E-state index in [1.165, 1.54) is 0 Å². The highest BCUT2D eigenvalue weighted by Crippen LogP contribution is 2.30. The molecule has 2 aromatic rings. The molecule has 3 rings (SSSR count). The molecule has 0 bridgehead atoms. The first-order valence-corrected chi connectivity index (χ1v) is 8.19. The highest BCUT2D eigenvalue weighted by molar-refractivity contribution is 6.12. The molecule has 2 aromatic carbocycles. The first-order chi connectivity index (χ1) is 12.2. The van der Waals surface area contributed by atoms with Gasteiger partial charge < -0.3 is 14.2 Å². The van der Waals surface area contributed by atoms with Gasteiger partial charge in [0.05, 0.1) is 13.2 Å². The average molecular weight is 337 g/mol. The maximum atomic E-state index is 12.1. The van der Waals surface area contributed by atoms with Crippen molar-refractivity contribution in [1.82, 2.24) is 0 Å². The van der Waals surface area contributed by atoms with Crippen LogP contribution in [0.4, 0.5) is 0 Å². The summed E-state index contributed by atoms with van der Waals surface area (Å²) in [6, 6.07) is 14.8. The van der Waals surface area contributed by atoms with E-state index in [1.807, 2.05) is 62.4 Å². The molecule has 0 aliphatic carbocycles. The van der Waals surface area contributed by atoms with Crippen LogP contribution >= 0.6 is 0 Å². The number of esters is 1. The van der Waals surface area contributed by atoms with Crippen molar-refractivity contribution in [2.45, 2.75) is 13.8 Å². The first-order valence-electron chi connectivity index (χ1n) is 8.19. The molecule has 0 radical (unpaired) electrons. The minimum absolute atomic E-state index is 0.255. The van der Waals surface area contributed by atoms with Gasteiger partial charge in [-0.05, 0) is 49.8 Å². The average Bonchev–Trinajstić information content (AvgIpc) is 2.99. The van der Waals surface area contributed by atoms with Gasteiger partial charge >= 0.3 is 5.97 Å². The predicted molar refractivity (Wildman–Crippen MR) is 95.8 cm³/mol. The molecule has 0 amide bonds. The molecule has 5 heteroatoms. The number of ether oxygens (including phenoxy) is 3. The second kappa shape index (κ2) is 7.66. The zero-order valence-corrected chi connectivity index (χ0v) is 14.2. The van der Waals surface area contributed by atoms with Crippen LogP contribution in [0.2, 0.25) is 0 Å². The third-order valence-corrected chi connectivity index (χ3v) is 3.51. The summed E-state index contributed by atoms with van der Waals surface area (Å²) in [5.41, 5.74) is 1.81. The van der Waals surface area contributed by atoms with Crippen LogP contribution in [0.3, 0.4) is 0 Å². The molecule has 0 saturated carbocycles. The van der Waals surface area contributed by atoms with Gasteiger partial charge in [0, 0.05) is 5.56 Å². The number of aliphatic imine (C=N–C) groups is 1. The van der Waals surface area contributed by atoms with Crippen molar-refractivity contribution in [3.8, 4) is 11.5 Å². The summed E-state index contributed by atoms with van der Waals surface area (Å²) in [7, 11) is 0. The minimum Gasteiger partial charge on any atom is -0.490 e. The normalized spacial score (nSPS) is 15.0. The van der Waals surface area contributed by atoms with Crippen LogP contribution in [0, 0.1) is 0 Å². The monoisotopic (exact) mass is 337 g/mol. The molecule has 0 fully saturated rings. The highest BCUT2D eigenvalue weighted by atomic mass is 16.6. The van der Waals surface area contributed by atoms with Crippen LogP contribution in [0.25, 0.3) is 6.08 Å². The Morgan fingerprint density at radius 3 is 2.44 bits per heavy atom. The number of rotatable bonds is 6. The SMILES string of the molecule is CCOc1ccc(/C=C2\N=C(c3ccccc3)OC2=O)cc1OCC. The van der Waals surface area contributed by atoms with E-state index >= 15 is 0 Å². The van der Waals surface area contributed by atoms with E-state index in [1.54, 1.807) is 6.08 Å². The Hall–Kier alpha value is -3.08. The van der Waals surface area contributed by atoms with E-state index in [2.05, 4.69) is 4.99 Å². The molecule has 5 nitrogen and oxygen atoms in total. The fourth-order valence-electron chi connectivity index (χ4n) is 2.43. The van der Waals surface area contributed by atoms with Crippen LogP contribution in [0.1, 0.15) is 25.0 Å². The fourth-order valence-corrected chi connectivity index (χ4v) is 2.43. The third kappa shape index (κ3) is 3.88. The smallest absolute Gasteiger partial charge is 0.363 e. The largest absolute Gasteiger partial charge is 0.490 e. The maximum absolute atomic E-state index is 12.1. The fraction of sp³-hybridized carbons (Fsp3) is 0.200. The molecule has 1 aliphatic heterocycles. The zero-order valence-electron chi connectivity index (χ0n) is 14.2. The molecular formula is C20H19NO4. The van der Waals surface area contributed by atoms with Crippen molar-refractivity contribution in [1.29, 1.82) is 0 Å². The predicted octanol–water partition coefficient (Wildman–Crippen LogP) is 3.83. The van der Waals surface area contributed by atoms with Gasteiger partial charge in [-0.25, -0.2) is 9.79 Å². The Morgan fingerprint density at radius 1 is 1.00 bits per heavy atom. The van der Waals surface area contributed by atoms with E-state index in [-0.39, 0.29) is 5.70 Å². The van der Waals surface area contributed by atoms with Crippen molar-refractivity contribution in [3.63, 3.8) is 0 Å². The minimum atomic E-state index is -0.467. The molecule has 1 aliphatic rings. The first kappa shape index (κ1) is 16.8. The number of nitrogens with zero attached hydrogens (tertiary/aromatic N) is 1. The van der Waals surface area contributed by atoms with Crippen LogP contribution in [0.15, 0.2) is 59.2 Å². The van der Waals surface area contributed by atoms with Crippen LogP contribution in [-0.2, 0) is 9.53 Å². The quantitative estimate of drug-likeness (QED) is 0.594. The molecule has 0 N–H and O–H groups in total. The van der Waals surface area contributed by atoms with E-state index in [0.29, 0.717) is 30.6 Å². The number of benzene rings is 2. The van der Waals surface area contributed by atoms with Crippen molar-refractivity contribution in [2.75, 3.05) is 13.2 Å². The lowest BCUT2D eigenvalue weighted by Gasteiger charge is -2.11. The standard InChI is InChI=1S/C20H19NO4/c1-3-23-17-11-10-14(13-18(17)24-4-2)12-16-20(22)25-19(21-16)15-8-6-5-7-9-15/h5-13H,3-4H2,1-2H3/b16-12-. The molecule has 1 heterocycles. The van der Waals surface area contributed by atoms with Gasteiger partial charge in [-0.3, -0.25) is 0 Å². The number of hydrogen-bond acceptors (Lipinski definition) is 5. The molecular weight excluding hydrogens is 318 g/mol. The summed E-state index contributed by atoms with van der Waals surface area (Å²) in [4.78, 5) is 16.4. The Morgan fingerprint density at radius 2 is 1.72 bits per heavy atom. The van der Waals surface area contributed by atoms with Gasteiger partial charge in [0.2, 0.25) is 5.90 Å². The summed E-state index contributed by atoms with van der Waals surface area (Å²) in [5, 5.41) is 0. The summed E-state index contributed by atoms with van der Waals surface area (Å²) in [6.45, 7) is 4.90. The van der Waals surface area contributed by atoms with Gasteiger partial charge in [-0.1, -0.05) is 24.3 Å². The van der Waals surface area contributed by atoms with E-state index < -0.39 is 5.97 Å².